The second-order valence-electron chi connectivity index (χ2n) is 4.90. The smallest absolute Gasteiger partial charge is 0.310 e. The fourth-order valence-corrected chi connectivity index (χ4v) is 2.28. The number of hydrogen-bond acceptors (Lipinski definition) is 10. The summed E-state index contributed by atoms with van der Waals surface area (Å²) in [4.78, 5) is 61.1. The second-order valence-corrected chi connectivity index (χ2v) is 6.73. The van der Waals surface area contributed by atoms with Gasteiger partial charge in [0.25, 0.3) is 0 Å². The maximum Gasteiger partial charge on any atom is 0.310 e. The highest BCUT2D eigenvalue weighted by Crippen LogP contribution is 2.16. The van der Waals surface area contributed by atoms with Crippen molar-refractivity contribution in [1.29, 1.82) is 0 Å². The molecule has 2 unspecified atom stereocenters. The van der Waals surface area contributed by atoms with Crippen molar-refractivity contribution in [2.75, 3.05) is 0 Å². The third kappa shape index (κ3) is 11.4. The molecule has 3 amide bonds. The lowest BCUT2D eigenvalue weighted by Crippen LogP contribution is -2.37. The maximum atomic E-state index is 10.8. The van der Waals surface area contributed by atoms with E-state index in [-0.39, 0.29) is 12.1 Å². The van der Waals surface area contributed by atoms with Crippen molar-refractivity contribution in [1.82, 2.24) is 10.2 Å². The molecule has 0 radical (unpaired) electrons. The number of halogens is 2. The van der Waals surface area contributed by atoms with Crippen LogP contribution >= 0.6 is 31.9 Å². The highest BCUT2D eigenvalue weighted by atomic mass is 79.9. The summed E-state index contributed by atoms with van der Waals surface area (Å²) in [6.45, 7) is 3.66. The van der Waals surface area contributed by atoms with E-state index in [0.717, 1.165) is 9.52 Å². The van der Waals surface area contributed by atoms with Crippen LogP contribution in [-0.2, 0) is 38.4 Å². The molecule has 0 saturated heterocycles. The summed E-state index contributed by atoms with van der Waals surface area (Å²) in [6, 6.07) is 0. The molecule has 0 saturated carbocycles. The Labute approximate surface area is 176 Å². The fraction of sp³-hybridized carbons (Fsp3) is 0.500. The normalized spacial score (nSPS) is 18.9. The molecule has 1 N–H and O–H groups in total. The highest BCUT2D eigenvalue weighted by molar-refractivity contribution is 9.18. The predicted molar refractivity (Wildman–Crippen MR) is 102 cm³/mol. The van der Waals surface area contributed by atoms with Gasteiger partial charge in [-0.2, -0.15) is 0 Å². The summed E-state index contributed by atoms with van der Waals surface area (Å²) in [6.07, 6.45) is 1.18. The van der Waals surface area contributed by atoms with Crippen LogP contribution in [0, 0.1) is 0 Å². The molecule has 2 atom stereocenters. The van der Waals surface area contributed by atoms with E-state index >= 15 is 0 Å². The fourth-order valence-electron chi connectivity index (χ4n) is 1.55. The van der Waals surface area contributed by atoms with E-state index in [0.29, 0.717) is 30.3 Å². The van der Waals surface area contributed by atoms with Gasteiger partial charge in [-0.25, -0.2) is 4.90 Å². The zero-order valence-corrected chi connectivity index (χ0v) is 18.3. The third-order valence-corrected chi connectivity index (χ3v) is 3.52. The molecular formula is C14H18Br2N4O8. The Hall–Kier alpha value is -2.35. The number of oxime groups is 2. The zero-order chi connectivity index (χ0) is 21.7. The minimum absolute atomic E-state index is 0.281. The van der Waals surface area contributed by atoms with Crippen LogP contribution in [-0.4, -0.2) is 57.3 Å². The minimum Gasteiger partial charge on any atom is -0.394 e. The van der Waals surface area contributed by atoms with Crippen LogP contribution in [0.3, 0.4) is 0 Å². The van der Waals surface area contributed by atoms with Gasteiger partial charge >= 0.3 is 11.9 Å². The zero-order valence-electron chi connectivity index (χ0n) is 15.1. The number of carbonyl (C=O) groups is 5. The van der Waals surface area contributed by atoms with E-state index in [4.69, 9.17) is 9.68 Å². The second kappa shape index (κ2) is 13.8. The Morgan fingerprint density at radius 3 is 1.89 bits per heavy atom. The minimum atomic E-state index is -0.589. The van der Waals surface area contributed by atoms with Crippen molar-refractivity contribution >= 4 is 71.8 Å². The van der Waals surface area contributed by atoms with Crippen LogP contribution in [0.15, 0.2) is 10.3 Å². The first-order chi connectivity index (χ1) is 13.1. The number of carbonyl (C=O) groups excluding carboxylic acids is 5. The lowest BCUT2D eigenvalue weighted by atomic mass is 10.4. The van der Waals surface area contributed by atoms with E-state index in [1.807, 2.05) is 0 Å². The topological polar surface area (TPSA) is 153 Å². The van der Waals surface area contributed by atoms with E-state index in [1.165, 1.54) is 20.8 Å². The van der Waals surface area contributed by atoms with Gasteiger partial charge in [-0.3, -0.25) is 24.0 Å². The number of amides is 3. The number of nitrogens with zero attached hydrogens (tertiary/aromatic N) is 3. The van der Waals surface area contributed by atoms with Crippen molar-refractivity contribution < 1.29 is 38.4 Å². The Morgan fingerprint density at radius 2 is 1.61 bits per heavy atom. The molecule has 0 aromatic rings. The summed E-state index contributed by atoms with van der Waals surface area (Å²) in [5.74, 6) is -1.48. The number of nitrogens with one attached hydrogen (secondary N) is 1. The van der Waals surface area contributed by atoms with Gasteiger partial charge in [-0.1, -0.05) is 10.3 Å². The molecule has 0 fully saturated rings. The van der Waals surface area contributed by atoms with Crippen LogP contribution in [0.5, 0.6) is 0 Å². The van der Waals surface area contributed by atoms with Crippen molar-refractivity contribution in [3.63, 3.8) is 0 Å². The lowest BCUT2D eigenvalue weighted by Gasteiger charge is -2.17. The first-order valence-electron chi connectivity index (χ1n) is 7.49. The number of hydrogen-bond donors (Lipinski definition) is 1. The summed E-state index contributed by atoms with van der Waals surface area (Å²) in [7, 11) is 0. The van der Waals surface area contributed by atoms with Gasteiger partial charge in [0.15, 0.2) is 0 Å². The first kappa shape index (κ1) is 25.6. The Kier molecular flexibility index (Phi) is 12.6. The quantitative estimate of drug-likeness (QED) is 0.317. The van der Waals surface area contributed by atoms with Crippen LogP contribution in [0.1, 0.15) is 33.6 Å². The predicted octanol–water partition coefficient (Wildman–Crippen LogP) is 0.729. The average molecular weight is 530 g/mol. The van der Waals surface area contributed by atoms with Gasteiger partial charge in [0, 0.05) is 20.8 Å². The molecular weight excluding hydrogens is 512 g/mol. The van der Waals surface area contributed by atoms with E-state index in [1.54, 1.807) is 0 Å². The van der Waals surface area contributed by atoms with Crippen molar-refractivity contribution in [3.8, 4) is 0 Å². The standard InChI is InChI=1S/C6H7BrN2O3.C4H5BrN2O2.C4H6O3/c1-4(11)9(3-10)6-2-5(7)8-12-6;5-3-1-4(6-2-8)9-7-3;1-3(5)7-4(2)6/h3,6H,2H2,1H3;2,4H,1H2,(H,6,8);1-2H3. The molecule has 12 nitrogen and oxygen atoms in total. The number of rotatable bonds is 4. The van der Waals surface area contributed by atoms with Gasteiger partial charge in [0.1, 0.15) is 9.24 Å². The summed E-state index contributed by atoms with van der Waals surface area (Å²) >= 11 is 6.21. The van der Waals surface area contributed by atoms with Crippen molar-refractivity contribution in [2.24, 2.45) is 10.3 Å². The molecule has 0 aliphatic carbocycles. The van der Waals surface area contributed by atoms with Gasteiger partial charge < -0.3 is 19.7 Å². The molecule has 0 bridgehead atoms. The number of esters is 2. The maximum absolute atomic E-state index is 10.8. The van der Waals surface area contributed by atoms with E-state index < -0.39 is 18.2 Å². The molecule has 28 heavy (non-hydrogen) atoms. The summed E-state index contributed by atoms with van der Waals surface area (Å²) < 4.78 is 5.29. The highest BCUT2D eigenvalue weighted by Gasteiger charge is 2.27. The molecule has 2 aliphatic heterocycles. The molecule has 14 heteroatoms. The number of ether oxygens (including phenoxy) is 1. The molecule has 0 aromatic carbocycles. The van der Waals surface area contributed by atoms with Gasteiger partial charge in [-0.05, 0) is 31.9 Å². The summed E-state index contributed by atoms with van der Waals surface area (Å²) in [5.41, 5.74) is 0. The molecule has 2 heterocycles. The molecule has 0 aromatic heterocycles. The van der Waals surface area contributed by atoms with E-state index in [2.05, 4.69) is 52.2 Å². The Bertz CT molecular complexity index is 643. The Morgan fingerprint density at radius 1 is 1.07 bits per heavy atom. The van der Waals surface area contributed by atoms with Gasteiger partial charge in [-0.15, -0.1) is 0 Å². The van der Waals surface area contributed by atoms with Gasteiger partial charge in [0.05, 0.1) is 12.8 Å². The van der Waals surface area contributed by atoms with Crippen molar-refractivity contribution in [2.45, 2.75) is 46.1 Å². The van der Waals surface area contributed by atoms with Crippen molar-refractivity contribution in [3.05, 3.63) is 0 Å². The van der Waals surface area contributed by atoms with Gasteiger partial charge in [0.2, 0.25) is 31.2 Å². The Balaban J connectivity index is 0.000000408. The SMILES string of the molecule is CC(=O)N(C=O)C1CC(Br)=NO1.CC(=O)OC(C)=O.O=CNC1CC(Br)=NO1. The average Bonchev–Trinajstić information content (AvgIpc) is 3.17. The molecule has 2 aliphatic rings. The third-order valence-electron chi connectivity index (χ3n) is 2.58. The number of imide groups is 1. The molecule has 0 spiro atoms. The van der Waals surface area contributed by atoms with E-state index in [9.17, 15) is 24.0 Å². The van der Waals surface area contributed by atoms with Crippen LogP contribution in [0.4, 0.5) is 0 Å². The van der Waals surface area contributed by atoms with Crippen LogP contribution < -0.4 is 5.32 Å². The van der Waals surface area contributed by atoms with Crippen LogP contribution in [0.25, 0.3) is 0 Å². The summed E-state index contributed by atoms with van der Waals surface area (Å²) in [5, 5.41) is 9.52. The molecule has 156 valence electrons. The largest absolute Gasteiger partial charge is 0.394 e. The first-order valence-corrected chi connectivity index (χ1v) is 9.08. The lowest BCUT2D eigenvalue weighted by molar-refractivity contribution is -0.156. The molecule has 2 rings (SSSR count). The monoisotopic (exact) mass is 528 g/mol. The van der Waals surface area contributed by atoms with Crippen LogP contribution in [0.2, 0.25) is 0 Å².